The molecule has 0 spiro atoms. The molecule has 100 valence electrons. The van der Waals surface area contributed by atoms with E-state index in [1.54, 1.807) is 28.9 Å². The standard InChI is InChI=1S/C14H10ClN3O2/c1-9-13-6-5-10(15)7-14(13)17(16-9)11-3-2-4-12(8-11)18(19)20/h2-8H,1H3. The van der Waals surface area contributed by atoms with E-state index in [1.165, 1.54) is 12.1 Å². The predicted molar refractivity (Wildman–Crippen MR) is 77.5 cm³/mol. The summed E-state index contributed by atoms with van der Waals surface area (Å²) in [6.45, 7) is 1.89. The molecule has 1 aromatic heterocycles. The van der Waals surface area contributed by atoms with Gasteiger partial charge in [0.25, 0.3) is 5.69 Å². The first-order valence-electron chi connectivity index (χ1n) is 5.96. The topological polar surface area (TPSA) is 61.0 Å². The summed E-state index contributed by atoms with van der Waals surface area (Å²) in [6, 6.07) is 11.9. The quantitative estimate of drug-likeness (QED) is 0.530. The van der Waals surface area contributed by atoms with E-state index in [-0.39, 0.29) is 5.69 Å². The van der Waals surface area contributed by atoms with Gasteiger partial charge in [0.05, 0.1) is 21.8 Å². The number of nitrogens with zero attached hydrogens (tertiary/aromatic N) is 3. The zero-order chi connectivity index (χ0) is 14.3. The molecule has 3 rings (SSSR count). The fourth-order valence-electron chi connectivity index (χ4n) is 2.18. The summed E-state index contributed by atoms with van der Waals surface area (Å²) in [4.78, 5) is 10.4. The number of nitro benzene ring substituents is 1. The Bertz CT molecular complexity index is 826. The number of nitro groups is 1. The number of fused-ring (bicyclic) bond motifs is 1. The van der Waals surface area contributed by atoms with Gasteiger partial charge in [-0.25, -0.2) is 4.68 Å². The largest absolute Gasteiger partial charge is 0.271 e. The van der Waals surface area contributed by atoms with Crippen LogP contribution in [0.1, 0.15) is 5.69 Å². The predicted octanol–water partition coefficient (Wildman–Crippen LogP) is 3.90. The number of rotatable bonds is 2. The van der Waals surface area contributed by atoms with Crippen molar-refractivity contribution in [2.75, 3.05) is 0 Å². The molecule has 0 fully saturated rings. The van der Waals surface area contributed by atoms with Crippen LogP contribution in [0.15, 0.2) is 42.5 Å². The number of hydrogen-bond donors (Lipinski definition) is 0. The molecule has 0 saturated carbocycles. The molecule has 5 nitrogen and oxygen atoms in total. The normalized spacial score (nSPS) is 10.9. The maximum absolute atomic E-state index is 10.9. The third-order valence-electron chi connectivity index (χ3n) is 3.11. The van der Waals surface area contributed by atoms with Crippen molar-refractivity contribution in [2.24, 2.45) is 0 Å². The van der Waals surface area contributed by atoms with E-state index in [4.69, 9.17) is 11.6 Å². The summed E-state index contributed by atoms with van der Waals surface area (Å²) < 4.78 is 1.67. The molecule has 0 atom stereocenters. The maximum Gasteiger partial charge on any atom is 0.271 e. The van der Waals surface area contributed by atoms with Gasteiger partial charge in [-0.2, -0.15) is 5.10 Å². The molecule has 1 heterocycles. The number of halogens is 1. The van der Waals surface area contributed by atoms with Crippen molar-refractivity contribution in [3.05, 3.63) is 63.3 Å². The van der Waals surface area contributed by atoms with Crippen LogP contribution >= 0.6 is 11.6 Å². The molecule has 0 N–H and O–H groups in total. The summed E-state index contributed by atoms with van der Waals surface area (Å²) in [5, 5.41) is 16.9. The Morgan fingerprint density at radius 2 is 2.05 bits per heavy atom. The van der Waals surface area contributed by atoms with Crippen molar-refractivity contribution in [1.82, 2.24) is 9.78 Å². The minimum absolute atomic E-state index is 0.0332. The highest BCUT2D eigenvalue weighted by atomic mass is 35.5. The van der Waals surface area contributed by atoms with Crippen molar-refractivity contribution in [2.45, 2.75) is 6.92 Å². The number of hydrogen-bond acceptors (Lipinski definition) is 3. The third-order valence-corrected chi connectivity index (χ3v) is 3.35. The van der Waals surface area contributed by atoms with Crippen molar-refractivity contribution in [1.29, 1.82) is 0 Å². The van der Waals surface area contributed by atoms with Crippen LogP contribution in [0.4, 0.5) is 5.69 Å². The lowest BCUT2D eigenvalue weighted by molar-refractivity contribution is -0.384. The first kappa shape index (κ1) is 12.6. The second kappa shape index (κ2) is 4.61. The molecule has 0 aliphatic rings. The Hall–Kier alpha value is -2.40. The minimum atomic E-state index is -0.422. The van der Waals surface area contributed by atoms with Gasteiger partial charge >= 0.3 is 0 Å². The molecule has 20 heavy (non-hydrogen) atoms. The lowest BCUT2D eigenvalue weighted by Gasteiger charge is -2.03. The van der Waals surface area contributed by atoms with Crippen LogP contribution in [0, 0.1) is 17.0 Å². The van der Waals surface area contributed by atoms with E-state index >= 15 is 0 Å². The Labute approximate surface area is 119 Å². The van der Waals surface area contributed by atoms with Gasteiger partial charge in [-0.05, 0) is 31.2 Å². The summed E-state index contributed by atoms with van der Waals surface area (Å²) in [7, 11) is 0. The minimum Gasteiger partial charge on any atom is -0.258 e. The van der Waals surface area contributed by atoms with Crippen LogP contribution in [0.2, 0.25) is 5.02 Å². The second-order valence-corrected chi connectivity index (χ2v) is 4.87. The van der Waals surface area contributed by atoms with Crippen LogP contribution < -0.4 is 0 Å². The molecule has 0 bridgehead atoms. The second-order valence-electron chi connectivity index (χ2n) is 4.44. The summed E-state index contributed by atoms with van der Waals surface area (Å²) in [6.07, 6.45) is 0. The maximum atomic E-state index is 10.9. The van der Waals surface area contributed by atoms with E-state index in [9.17, 15) is 10.1 Å². The number of aromatic nitrogens is 2. The van der Waals surface area contributed by atoms with Crippen molar-refractivity contribution in [3.63, 3.8) is 0 Å². The molecular weight excluding hydrogens is 278 g/mol. The Balaban J connectivity index is 2.26. The van der Waals surface area contributed by atoms with Gasteiger partial charge in [-0.1, -0.05) is 17.7 Å². The van der Waals surface area contributed by atoms with Gasteiger partial charge in [0.2, 0.25) is 0 Å². The van der Waals surface area contributed by atoms with E-state index in [0.29, 0.717) is 10.7 Å². The zero-order valence-electron chi connectivity index (χ0n) is 10.6. The zero-order valence-corrected chi connectivity index (χ0v) is 11.3. The van der Waals surface area contributed by atoms with E-state index < -0.39 is 4.92 Å². The summed E-state index contributed by atoms with van der Waals surface area (Å²) in [5.74, 6) is 0. The Morgan fingerprint density at radius 3 is 2.80 bits per heavy atom. The Kier molecular flexibility index (Phi) is 2.91. The fourth-order valence-corrected chi connectivity index (χ4v) is 2.35. The average molecular weight is 288 g/mol. The highest BCUT2D eigenvalue weighted by Gasteiger charge is 2.12. The molecule has 2 aromatic carbocycles. The molecule has 0 radical (unpaired) electrons. The lowest BCUT2D eigenvalue weighted by atomic mass is 10.2. The van der Waals surface area contributed by atoms with E-state index in [1.807, 2.05) is 13.0 Å². The monoisotopic (exact) mass is 287 g/mol. The summed E-state index contributed by atoms with van der Waals surface area (Å²) in [5.41, 5.74) is 2.35. The van der Waals surface area contributed by atoms with Crippen LogP contribution in [-0.2, 0) is 0 Å². The Morgan fingerprint density at radius 1 is 1.25 bits per heavy atom. The van der Waals surface area contributed by atoms with E-state index in [2.05, 4.69) is 5.10 Å². The first-order chi connectivity index (χ1) is 9.56. The molecule has 6 heteroatoms. The molecule has 0 saturated heterocycles. The van der Waals surface area contributed by atoms with Crippen molar-refractivity contribution < 1.29 is 4.92 Å². The van der Waals surface area contributed by atoms with Gasteiger partial charge in [0.15, 0.2) is 0 Å². The van der Waals surface area contributed by atoms with Crippen LogP contribution in [0.5, 0.6) is 0 Å². The van der Waals surface area contributed by atoms with Gasteiger partial charge in [0, 0.05) is 22.5 Å². The molecule has 0 aliphatic carbocycles. The number of non-ortho nitro benzene ring substituents is 1. The summed E-state index contributed by atoms with van der Waals surface area (Å²) >= 11 is 6.02. The van der Waals surface area contributed by atoms with E-state index in [0.717, 1.165) is 16.6 Å². The first-order valence-corrected chi connectivity index (χ1v) is 6.34. The molecular formula is C14H10ClN3O2. The van der Waals surface area contributed by atoms with Gasteiger partial charge < -0.3 is 0 Å². The molecule has 0 aliphatic heterocycles. The average Bonchev–Trinajstić information content (AvgIpc) is 2.75. The third kappa shape index (κ3) is 2.02. The van der Waals surface area contributed by atoms with Crippen molar-refractivity contribution >= 4 is 28.2 Å². The molecule has 3 aromatic rings. The van der Waals surface area contributed by atoms with Crippen LogP contribution in [0.3, 0.4) is 0 Å². The molecule has 0 amide bonds. The van der Waals surface area contributed by atoms with Gasteiger partial charge in [0.1, 0.15) is 0 Å². The SMILES string of the molecule is Cc1nn(-c2cccc([N+](=O)[O-])c2)c2cc(Cl)ccc12. The number of benzene rings is 2. The van der Waals surface area contributed by atoms with Crippen molar-refractivity contribution in [3.8, 4) is 5.69 Å². The van der Waals surface area contributed by atoms with Crippen LogP contribution in [0.25, 0.3) is 16.6 Å². The fraction of sp³-hybridized carbons (Fsp3) is 0.0714. The van der Waals surface area contributed by atoms with Gasteiger partial charge in [-0.3, -0.25) is 10.1 Å². The van der Waals surface area contributed by atoms with Crippen LogP contribution in [-0.4, -0.2) is 14.7 Å². The highest BCUT2D eigenvalue weighted by molar-refractivity contribution is 6.31. The van der Waals surface area contributed by atoms with Gasteiger partial charge in [-0.15, -0.1) is 0 Å². The molecule has 0 unspecified atom stereocenters. The number of aryl methyl sites for hydroxylation is 1. The smallest absolute Gasteiger partial charge is 0.258 e. The highest BCUT2D eigenvalue weighted by Crippen LogP contribution is 2.26. The lowest BCUT2D eigenvalue weighted by Crippen LogP contribution is -1.98.